The number of benzene rings is 2. The summed E-state index contributed by atoms with van der Waals surface area (Å²) >= 11 is 12.4. The molecule has 1 fully saturated rings. The summed E-state index contributed by atoms with van der Waals surface area (Å²) in [5.41, 5.74) is 1.56. The van der Waals surface area contributed by atoms with E-state index < -0.39 is 0 Å². The summed E-state index contributed by atoms with van der Waals surface area (Å²) in [6, 6.07) is 11.5. The predicted molar refractivity (Wildman–Crippen MR) is 110 cm³/mol. The zero-order chi connectivity index (χ0) is 19.5. The van der Waals surface area contributed by atoms with E-state index in [9.17, 15) is 4.79 Å². The lowest BCUT2D eigenvalue weighted by Gasteiger charge is -2.28. The van der Waals surface area contributed by atoms with Crippen molar-refractivity contribution in [1.29, 1.82) is 0 Å². The molecule has 28 heavy (non-hydrogen) atoms. The summed E-state index contributed by atoms with van der Waals surface area (Å²) in [5, 5.41) is 3.74. The molecule has 1 amide bonds. The van der Waals surface area contributed by atoms with Gasteiger partial charge in [-0.2, -0.15) is 0 Å². The zero-order valence-corrected chi connectivity index (χ0v) is 16.9. The number of para-hydroxylation sites is 1. The number of ether oxygens (including phenoxy) is 2. The van der Waals surface area contributed by atoms with Gasteiger partial charge in [-0.15, -0.1) is 0 Å². The number of carbonyl (C=O) groups is 1. The highest BCUT2D eigenvalue weighted by Gasteiger charge is 2.25. The van der Waals surface area contributed by atoms with Crippen LogP contribution >= 0.6 is 23.2 Å². The lowest BCUT2D eigenvalue weighted by Crippen LogP contribution is -2.39. The molecule has 148 valence electrons. The highest BCUT2D eigenvalue weighted by molar-refractivity contribution is 6.39. The predicted octanol–water partition coefficient (Wildman–Crippen LogP) is 5.11. The summed E-state index contributed by atoms with van der Waals surface area (Å²) in [5.74, 6) is 1.40. The van der Waals surface area contributed by atoms with Crippen LogP contribution in [0.4, 0.5) is 5.69 Å². The van der Waals surface area contributed by atoms with Crippen LogP contribution in [0.1, 0.15) is 31.2 Å². The van der Waals surface area contributed by atoms with Gasteiger partial charge in [0.1, 0.15) is 0 Å². The van der Waals surface area contributed by atoms with E-state index in [1.807, 2.05) is 18.2 Å². The number of carbonyl (C=O) groups excluding carboxylic acids is 1. The summed E-state index contributed by atoms with van der Waals surface area (Å²) in [7, 11) is 0. The van der Waals surface area contributed by atoms with Crippen LogP contribution in [0.25, 0.3) is 0 Å². The maximum atomic E-state index is 12.7. The molecule has 1 saturated carbocycles. The third-order valence-corrected chi connectivity index (χ3v) is 5.87. The van der Waals surface area contributed by atoms with Crippen molar-refractivity contribution in [2.45, 2.75) is 38.3 Å². The van der Waals surface area contributed by atoms with Gasteiger partial charge in [-0.1, -0.05) is 48.2 Å². The fraction of sp³-hybridized carbons (Fsp3) is 0.381. The standard InChI is InChI=1S/C21H22Cl2N2O3/c22-16-6-3-7-17(23)21(16)24-20(26)12-25(15-4-1-2-5-15)11-14-8-9-18-19(10-14)28-13-27-18/h3,6-10,15H,1-2,4-5,11-13H2,(H,24,26). The van der Waals surface area contributed by atoms with Gasteiger partial charge in [0, 0.05) is 12.6 Å². The SMILES string of the molecule is O=C(CN(Cc1ccc2c(c1)OCO2)C1CCCC1)Nc1c(Cl)cccc1Cl. The zero-order valence-electron chi connectivity index (χ0n) is 15.4. The second kappa shape index (κ2) is 8.60. The molecule has 0 saturated heterocycles. The van der Waals surface area contributed by atoms with Gasteiger partial charge in [-0.25, -0.2) is 0 Å². The highest BCUT2D eigenvalue weighted by atomic mass is 35.5. The molecule has 1 aliphatic heterocycles. The van der Waals surface area contributed by atoms with Crippen LogP contribution in [-0.2, 0) is 11.3 Å². The molecule has 0 aromatic heterocycles. The smallest absolute Gasteiger partial charge is 0.238 e. The molecule has 2 aromatic rings. The molecule has 4 rings (SSSR count). The van der Waals surface area contributed by atoms with Crippen molar-refractivity contribution in [3.63, 3.8) is 0 Å². The number of fused-ring (bicyclic) bond motifs is 1. The Hall–Kier alpha value is -1.95. The highest BCUT2D eigenvalue weighted by Crippen LogP contribution is 2.34. The van der Waals surface area contributed by atoms with E-state index >= 15 is 0 Å². The first-order valence-corrected chi connectivity index (χ1v) is 10.2. The minimum Gasteiger partial charge on any atom is -0.454 e. The maximum absolute atomic E-state index is 12.7. The Labute approximate surface area is 174 Å². The average molecular weight is 421 g/mol. The fourth-order valence-electron chi connectivity index (χ4n) is 3.84. The van der Waals surface area contributed by atoms with Gasteiger partial charge in [0.2, 0.25) is 12.7 Å². The lowest BCUT2D eigenvalue weighted by molar-refractivity contribution is -0.118. The molecule has 5 nitrogen and oxygen atoms in total. The van der Waals surface area contributed by atoms with Crippen molar-refractivity contribution in [3.05, 3.63) is 52.0 Å². The first-order chi connectivity index (χ1) is 13.6. The minimum absolute atomic E-state index is 0.123. The van der Waals surface area contributed by atoms with Crippen LogP contribution in [-0.4, -0.2) is 30.2 Å². The largest absolute Gasteiger partial charge is 0.454 e. The topological polar surface area (TPSA) is 50.8 Å². The molecule has 0 unspecified atom stereocenters. The van der Waals surface area contributed by atoms with Crippen LogP contribution in [0.3, 0.4) is 0 Å². The number of hydrogen-bond acceptors (Lipinski definition) is 4. The van der Waals surface area contributed by atoms with E-state index in [2.05, 4.69) is 10.2 Å². The van der Waals surface area contributed by atoms with Crippen molar-refractivity contribution in [3.8, 4) is 11.5 Å². The Morgan fingerprint density at radius 1 is 1.07 bits per heavy atom. The van der Waals surface area contributed by atoms with Crippen LogP contribution in [0, 0.1) is 0 Å². The minimum atomic E-state index is -0.123. The molecule has 2 aliphatic rings. The first-order valence-electron chi connectivity index (χ1n) is 9.46. The lowest BCUT2D eigenvalue weighted by atomic mass is 10.1. The molecule has 1 aliphatic carbocycles. The summed E-state index contributed by atoms with van der Waals surface area (Å²) in [6.07, 6.45) is 4.59. The van der Waals surface area contributed by atoms with Crippen LogP contribution in [0.2, 0.25) is 10.0 Å². The van der Waals surface area contributed by atoms with Gasteiger partial charge in [-0.3, -0.25) is 9.69 Å². The molecule has 0 atom stereocenters. The van der Waals surface area contributed by atoms with Gasteiger partial charge in [0.05, 0.1) is 22.3 Å². The second-order valence-corrected chi connectivity index (χ2v) is 7.99. The number of amides is 1. The van der Waals surface area contributed by atoms with Crippen LogP contribution < -0.4 is 14.8 Å². The van der Waals surface area contributed by atoms with Gasteiger partial charge in [-0.05, 0) is 42.7 Å². The quantitative estimate of drug-likeness (QED) is 0.705. The summed E-state index contributed by atoms with van der Waals surface area (Å²) in [6.45, 7) is 1.21. The van der Waals surface area contributed by atoms with Crippen molar-refractivity contribution in [2.75, 3.05) is 18.7 Å². The second-order valence-electron chi connectivity index (χ2n) is 7.18. The molecule has 1 heterocycles. The summed E-state index contributed by atoms with van der Waals surface area (Å²) in [4.78, 5) is 15.0. The Morgan fingerprint density at radius 2 is 1.79 bits per heavy atom. The van der Waals surface area contributed by atoms with Crippen molar-refractivity contribution in [2.24, 2.45) is 0 Å². The van der Waals surface area contributed by atoms with Gasteiger partial charge < -0.3 is 14.8 Å². The molecule has 0 spiro atoms. The molecule has 1 N–H and O–H groups in total. The Balaban J connectivity index is 1.47. The van der Waals surface area contributed by atoms with Crippen LogP contribution in [0.5, 0.6) is 11.5 Å². The molecule has 2 aromatic carbocycles. The van der Waals surface area contributed by atoms with Crippen LogP contribution in [0.15, 0.2) is 36.4 Å². The molecular weight excluding hydrogens is 399 g/mol. The van der Waals surface area contributed by atoms with E-state index in [0.717, 1.165) is 29.9 Å². The monoisotopic (exact) mass is 420 g/mol. The van der Waals surface area contributed by atoms with Crippen molar-refractivity contribution >= 4 is 34.8 Å². The normalized spacial score (nSPS) is 16.0. The Kier molecular flexibility index (Phi) is 5.95. The number of rotatable bonds is 6. The maximum Gasteiger partial charge on any atom is 0.238 e. The Morgan fingerprint density at radius 3 is 2.54 bits per heavy atom. The molecule has 7 heteroatoms. The Bertz CT molecular complexity index is 848. The number of hydrogen-bond donors (Lipinski definition) is 1. The van der Waals surface area contributed by atoms with Gasteiger partial charge >= 0.3 is 0 Å². The fourth-order valence-corrected chi connectivity index (χ4v) is 4.33. The van der Waals surface area contributed by atoms with E-state index in [1.165, 1.54) is 12.8 Å². The average Bonchev–Trinajstić information content (AvgIpc) is 3.35. The number of halogens is 2. The number of nitrogens with one attached hydrogen (secondary N) is 1. The van der Waals surface area contributed by atoms with E-state index in [1.54, 1.807) is 18.2 Å². The van der Waals surface area contributed by atoms with E-state index in [-0.39, 0.29) is 19.2 Å². The van der Waals surface area contributed by atoms with Gasteiger partial charge in [0.15, 0.2) is 11.5 Å². The third-order valence-electron chi connectivity index (χ3n) is 5.24. The molecule has 0 bridgehead atoms. The molecule has 0 radical (unpaired) electrons. The third kappa shape index (κ3) is 4.37. The van der Waals surface area contributed by atoms with E-state index in [0.29, 0.717) is 28.3 Å². The number of nitrogens with zero attached hydrogens (tertiary/aromatic N) is 1. The van der Waals surface area contributed by atoms with Crippen molar-refractivity contribution < 1.29 is 14.3 Å². The molecular formula is C21H22Cl2N2O3. The number of anilines is 1. The van der Waals surface area contributed by atoms with Crippen molar-refractivity contribution in [1.82, 2.24) is 4.90 Å². The first kappa shape index (κ1) is 19.4. The summed E-state index contributed by atoms with van der Waals surface area (Å²) < 4.78 is 10.9. The van der Waals surface area contributed by atoms with E-state index in [4.69, 9.17) is 32.7 Å². The van der Waals surface area contributed by atoms with Gasteiger partial charge in [0.25, 0.3) is 0 Å².